The van der Waals surface area contributed by atoms with Gasteiger partial charge in [-0.05, 0) is 11.5 Å². The predicted molar refractivity (Wildman–Crippen MR) is 64.3 cm³/mol. The number of thioether (sulfide) groups is 2. The first-order valence-corrected chi connectivity index (χ1v) is 8.27. The van der Waals surface area contributed by atoms with Crippen LogP contribution in [0.25, 0.3) is 0 Å². The van der Waals surface area contributed by atoms with Crippen molar-refractivity contribution < 1.29 is 91.9 Å². The zero-order valence-corrected chi connectivity index (χ0v) is 18.1. The number of carbonyl (C=O) groups excluding carboxylic acids is 2. The van der Waals surface area contributed by atoms with Crippen LogP contribution in [0.3, 0.4) is 0 Å². The second kappa shape index (κ2) is 11.1. The fourth-order valence-electron chi connectivity index (χ4n) is 1.27. The summed E-state index contributed by atoms with van der Waals surface area (Å²) in [6, 6.07) is 0. The summed E-state index contributed by atoms with van der Waals surface area (Å²) in [5.74, 6) is -3.97. The number of carboxylic acid groups (broad SMARTS) is 2. The summed E-state index contributed by atoms with van der Waals surface area (Å²) in [6.07, 6.45) is 0. The van der Waals surface area contributed by atoms with E-state index >= 15 is 0 Å². The molecular weight excluding hydrogens is 350 g/mol. The van der Waals surface area contributed by atoms with Crippen molar-refractivity contribution in [2.45, 2.75) is 23.2 Å². The summed E-state index contributed by atoms with van der Waals surface area (Å²) in [5, 5.41) is 20.1. The van der Waals surface area contributed by atoms with Gasteiger partial charge in [-0.15, -0.1) is 23.5 Å². The maximum Gasteiger partial charge on any atom is 1.00 e. The van der Waals surface area contributed by atoms with Gasteiger partial charge in [0.15, 0.2) is 4.08 Å². The second-order valence-electron chi connectivity index (χ2n) is 3.02. The Morgan fingerprint density at radius 1 is 1.20 bits per heavy atom. The number of hydrogen-bond donors (Lipinski definition) is 1. The van der Waals surface area contributed by atoms with Crippen LogP contribution >= 0.6 is 23.5 Å². The molecule has 106 valence electrons. The van der Waals surface area contributed by atoms with E-state index in [0.717, 1.165) is 0 Å². The van der Waals surface area contributed by atoms with Gasteiger partial charge in [-0.3, -0.25) is 4.55 Å². The summed E-state index contributed by atoms with van der Waals surface area (Å²) in [6.45, 7) is 2.94. The Labute approximate surface area is 170 Å². The topological polar surface area (TPSA) is 135 Å². The van der Waals surface area contributed by atoms with E-state index in [-0.39, 0.29) is 82.4 Å². The molecule has 0 fully saturated rings. The summed E-state index contributed by atoms with van der Waals surface area (Å²) in [7, 11) is -5.20. The van der Waals surface area contributed by atoms with Gasteiger partial charge < -0.3 is 19.8 Å². The first-order valence-electron chi connectivity index (χ1n) is 4.80. The Hall–Kier alpha value is 1.55. The smallest absolute Gasteiger partial charge is 0.549 e. The minimum absolute atomic E-state index is 0. The molecule has 0 aromatic carbocycles. The molecule has 0 amide bonds. The van der Waals surface area contributed by atoms with Crippen LogP contribution in [0.2, 0.25) is 0 Å². The van der Waals surface area contributed by atoms with E-state index in [1.165, 1.54) is 13.8 Å². The van der Waals surface area contributed by atoms with Gasteiger partial charge in [0.1, 0.15) is 0 Å². The number of carboxylic acids is 2. The van der Waals surface area contributed by atoms with Crippen LogP contribution in [0.15, 0.2) is 0 Å². The van der Waals surface area contributed by atoms with Gasteiger partial charge >= 0.3 is 59.1 Å². The maximum atomic E-state index is 11.3. The maximum absolute atomic E-state index is 11.3. The minimum atomic E-state index is -5.20. The molecular formula is C8H12Na2O7S3. The van der Waals surface area contributed by atoms with Crippen LogP contribution in [0.1, 0.15) is 13.8 Å². The SMILES string of the molecule is CCSC(C(=O)[O-])C(SCC)(C(=O)[O-])S(=O)(=O)O.[Na+].[Na+]. The molecule has 20 heavy (non-hydrogen) atoms. The molecule has 0 aromatic heterocycles. The molecule has 7 nitrogen and oxygen atoms in total. The van der Waals surface area contributed by atoms with Crippen molar-refractivity contribution in [1.29, 1.82) is 0 Å². The van der Waals surface area contributed by atoms with Crippen molar-refractivity contribution in [3.63, 3.8) is 0 Å². The van der Waals surface area contributed by atoms with Crippen molar-refractivity contribution in [1.82, 2.24) is 0 Å². The van der Waals surface area contributed by atoms with Crippen LogP contribution in [0, 0.1) is 0 Å². The molecule has 0 aliphatic carbocycles. The molecule has 0 rings (SSSR count). The molecule has 0 spiro atoms. The van der Waals surface area contributed by atoms with Crippen molar-refractivity contribution in [2.75, 3.05) is 11.5 Å². The van der Waals surface area contributed by atoms with E-state index in [4.69, 9.17) is 4.55 Å². The molecule has 12 heteroatoms. The van der Waals surface area contributed by atoms with Crippen molar-refractivity contribution in [2.24, 2.45) is 0 Å². The first-order chi connectivity index (χ1) is 8.15. The van der Waals surface area contributed by atoms with Crippen molar-refractivity contribution in [3.8, 4) is 0 Å². The van der Waals surface area contributed by atoms with Gasteiger partial charge in [0.2, 0.25) is 0 Å². The molecule has 0 bridgehead atoms. The Balaban J connectivity index is -0.00000144. The average Bonchev–Trinajstić information content (AvgIpc) is 2.20. The number of rotatable bonds is 8. The molecule has 2 unspecified atom stereocenters. The van der Waals surface area contributed by atoms with Gasteiger partial charge in [0, 0.05) is 0 Å². The number of hydrogen-bond acceptors (Lipinski definition) is 8. The van der Waals surface area contributed by atoms with Gasteiger partial charge in [0.05, 0.1) is 17.2 Å². The zero-order valence-electron chi connectivity index (χ0n) is 11.6. The largest absolute Gasteiger partial charge is 1.00 e. The van der Waals surface area contributed by atoms with Crippen LogP contribution < -0.4 is 69.3 Å². The summed E-state index contributed by atoms with van der Waals surface area (Å²) in [5.41, 5.74) is 0. The standard InChI is InChI=1S/C8H14O7S3.2Na/c1-3-16-5(6(9)10)8(7(11)12,17-4-2)18(13,14)15;;/h5H,3-4H2,1-2H3,(H,9,10)(H,11,12)(H,13,14,15);;/q;2*+1/p-2. The van der Waals surface area contributed by atoms with E-state index in [1.54, 1.807) is 0 Å². The van der Waals surface area contributed by atoms with Gasteiger partial charge in [0.25, 0.3) is 10.1 Å². The molecule has 0 aromatic rings. The summed E-state index contributed by atoms with van der Waals surface area (Å²) >= 11 is 0.817. The number of carbonyl (C=O) groups is 2. The van der Waals surface area contributed by atoms with Crippen molar-refractivity contribution >= 4 is 45.6 Å². The van der Waals surface area contributed by atoms with E-state index in [1.807, 2.05) is 0 Å². The number of aliphatic carboxylic acids is 2. The molecule has 0 heterocycles. The normalized spacial score (nSPS) is 15.2. The van der Waals surface area contributed by atoms with Crippen LogP contribution in [-0.4, -0.2) is 45.7 Å². The molecule has 0 radical (unpaired) electrons. The third kappa shape index (κ3) is 5.98. The monoisotopic (exact) mass is 362 g/mol. The van der Waals surface area contributed by atoms with E-state index < -0.39 is 31.4 Å². The van der Waals surface area contributed by atoms with Gasteiger partial charge in [-0.2, -0.15) is 8.42 Å². The van der Waals surface area contributed by atoms with Crippen LogP contribution in [0.4, 0.5) is 0 Å². The zero-order chi connectivity index (χ0) is 14.6. The van der Waals surface area contributed by atoms with Crippen LogP contribution in [-0.2, 0) is 19.7 Å². The molecule has 0 aliphatic heterocycles. The van der Waals surface area contributed by atoms with E-state index in [0.29, 0.717) is 11.8 Å². The van der Waals surface area contributed by atoms with Gasteiger partial charge in [-0.1, -0.05) is 13.8 Å². The average molecular weight is 362 g/mol. The fraction of sp³-hybridized carbons (Fsp3) is 0.750. The third-order valence-corrected chi connectivity index (χ3v) is 6.70. The molecule has 0 saturated heterocycles. The summed E-state index contributed by atoms with van der Waals surface area (Å²) < 4.78 is 28.8. The van der Waals surface area contributed by atoms with E-state index in [2.05, 4.69) is 0 Å². The molecule has 2 atom stereocenters. The van der Waals surface area contributed by atoms with Gasteiger partial charge in [-0.25, -0.2) is 0 Å². The molecule has 0 aliphatic rings. The predicted octanol–water partition coefficient (Wildman–Crippen LogP) is -8.05. The fourth-order valence-corrected chi connectivity index (χ4v) is 5.35. The second-order valence-corrected chi connectivity index (χ2v) is 7.76. The quantitative estimate of drug-likeness (QED) is 0.330. The summed E-state index contributed by atoms with van der Waals surface area (Å²) in [4.78, 5) is 22.1. The first kappa shape index (κ1) is 26.4. The van der Waals surface area contributed by atoms with Crippen LogP contribution in [0.5, 0.6) is 0 Å². The van der Waals surface area contributed by atoms with Crippen molar-refractivity contribution in [3.05, 3.63) is 0 Å². The third-order valence-electron chi connectivity index (χ3n) is 1.92. The molecule has 0 saturated carbocycles. The Bertz CT molecular complexity index is 428. The molecule has 1 N–H and O–H groups in total. The van der Waals surface area contributed by atoms with E-state index in [9.17, 15) is 28.2 Å². The Morgan fingerprint density at radius 3 is 1.85 bits per heavy atom. The Kier molecular flexibility index (Phi) is 14.7. The Morgan fingerprint density at radius 2 is 1.65 bits per heavy atom. The minimum Gasteiger partial charge on any atom is -0.549 e.